The first-order valence-corrected chi connectivity index (χ1v) is 6.21. The van der Waals surface area contributed by atoms with Crippen LogP contribution in [0.3, 0.4) is 0 Å². The van der Waals surface area contributed by atoms with E-state index in [2.05, 4.69) is 5.10 Å². The monoisotopic (exact) mass is 257 g/mol. The molecule has 1 N–H and O–H groups in total. The molecule has 1 aromatic heterocycles. The lowest BCUT2D eigenvalue weighted by Gasteiger charge is -2.23. The third-order valence-electron chi connectivity index (χ3n) is 3.48. The zero-order chi connectivity index (χ0) is 13.4. The van der Waals surface area contributed by atoms with Crippen LogP contribution in [0.15, 0.2) is 36.5 Å². The molecule has 0 spiro atoms. The number of aromatic nitrogens is 2. The Bertz CT molecular complexity index is 621. The zero-order valence-corrected chi connectivity index (χ0v) is 10.7. The van der Waals surface area contributed by atoms with Gasteiger partial charge in [-0.25, -0.2) is 4.79 Å². The summed E-state index contributed by atoms with van der Waals surface area (Å²) in [4.78, 5) is 13.3. The molecule has 5 heteroatoms. The van der Waals surface area contributed by atoms with Crippen LogP contribution in [0.2, 0.25) is 0 Å². The number of carboxylic acids is 1. The van der Waals surface area contributed by atoms with Crippen LogP contribution in [0, 0.1) is 0 Å². The van der Waals surface area contributed by atoms with Crippen molar-refractivity contribution in [3.8, 4) is 0 Å². The van der Waals surface area contributed by atoms with E-state index in [0.29, 0.717) is 13.0 Å². The summed E-state index contributed by atoms with van der Waals surface area (Å²) >= 11 is 0. The number of nitrogens with zero attached hydrogens (tertiary/aromatic N) is 3. The Balaban J connectivity index is 1.93. The van der Waals surface area contributed by atoms with Crippen molar-refractivity contribution in [2.24, 2.45) is 7.05 Å². The number of para-hydroxylation sites is 1. The van der Waals surface area contributed by atoms with Crippen molar-refractivity contribution in [3.63, 3.8) is 0 Å². The molecule has 3 rings (SSSR count). The molecule has 1 aliphatic heterocycles. The number of anilines is 1. The summed E-state index contributed by atoms with van der Waals surface area (Å²) in [6.07, 6.45) is 2.42. The molecule has 2 heterocycles. The summed E-state index contributed by atoms with van der Waals surface area (Å²) in [5.74, 6) is -0.785. The molecule has 5 nitrogen and oxygen atoms in total. The minimum atomic E-state index is -0.785. The Labute approximate surface area is 111 Å². The number of fused-ring (bicyclic) bond motifs is 1. The molecule has 0 saturated heterocycles. The lowest BCUT2D eigenvalue weighted by Crippen LogP contribution is -2.38. The van der Waals surface area contributed by atoms with E-state index in [1.165, 1.54) is 0 Å². The quantitative estimate of drug-likeness (QED) is 0.903. The summed E-state index contributed by atoms with van der Waals surface area (Å²) in [6.45, 7) is 0.523. The van der Waals surface area contributed by atoms with Crippen LogP contribution in [0.4, 0.5) is 5.69 Å². The Morgan fingerprint density at radius 3 is 2.89 bits per heavy atom. The van der Waals surface area contributed by atoms with E-state index in [4.69, 9.17) is 0 Å². The summed E-state index contributed by atoms with van der Waals surface area (Å²) in [6, 6.07) is 9.26. The van der Waals surface area contributed by atoms with Crippen molar-refractivity contribution in [1.29, 1.82) is 0 Å². The molecule has 1 atom stereocenters. The minimum Gasteiger partial charge on any atom is -0.480 e. The van der Waals surface area contributed by atoms with Gasteiger partial charge >= 0.3 is 5.97 Å². The van der Waals surface area contributed by atoms with Crippen molar-refractivity contribution in [2.45, 2.75) is 19.0 Å². The lowest BCUT2D eigenvalue weighted by molar-refractivity contribution is -0.138. The van der Waals surface area contributed by atoms with Crippen LogP contribution < -0.4 is 4.90 Å². The Morgan fingerprint density at radius 2 is 2.21 bits per heavy atom. The number of hydrogen-bond acceptors (Lipinski definition) is 3. The van der Waals surface area contributed by atoms with Gasteiger partial charge < -0.3 is 10.0 Å². The first-order chi connectivity index (χ1) is 9.15. The van der Waals surface area contributed by atoms with Crippen molar-refractivity contribution in [3.05, 3.63) is 47.8 Å². The fraction of sp³-hybridized carbons (Fsp3) is 0.286. The molecule has 0 fully saturated rings. The van der Waals surface area contributed by atoms with Gasteiger partial charge in [0.05, 0.1) is 12.2 Å². The fourth-order valence-corrected chi connectivity index (χ4v) is 2.59. The maximum absolute atomic E-state index is 11.4. The molecule has 0 radical (unpaired) electrons. The highest BCUT2D eigenvalue weighted by Crippen LogP contribution is 2.33. The molecule has 1 aromatic carbocycles. The highest BCUT2D eigenvalue weighted by Gasteiger charge is 2.34. The fourth-order valence-electron chi connectivity index (χ4n) is 2.59. The SMILES string of the molecule is Cn1ccc(CN2c3ccccc3CC2C(=O)O)n1. The van der Waals surface area contributed by atoms with E-state index in [9.17, 15) is 9.90 Å². The summed E-state index contributed by atoms with van der Waals surface area (Å²) in [7, 11) is 1.86. The van der Waals surface area contributed by atoms with Gasteiger partial charge in [0.2, 0.25) is 0 Å². The van der Waals surface area contributed by atoms with Crippen molar-refractivity contribution in [2.75, 3.05) is 4.90 Å². The van der Waals surface area contributed by atoms with Gasteiger partial charge in [-0.2, -0.15) is 5.10 Å². The molecular weight excluding hydrogens is 242 g/mol. The largest absolute Gasteiger partial charge is 0.480 e. The molecule has 19 heavy (non-hydrogen) atoms. The van der Waals surface area contributed by atoms with Crippen molar-refractivity contribution >= 4 is 11.7 Å². The third kappa shape index (κ3) is 2.07. The van der Waals surface area contributed by atoms with E-state index in [-0.39, 0.29) is 0 Å². The van der Waals surface area contributed by atoms with Gasteiger partial charge in [-0.05, 0) is 17.7 Å². The molecule has 0 bridgehead atoms. The second kappa shape index (κ2) is 4.42. The number of carbonyl (C=O) groups is 1. The normalized spacial score (nSPS) is 17.5. The Hall–Kier alpha value is -2.30. The number of aryl methyl sites for hydroxylation is 1. The molecular formula is C14H15N3O2. The maximum atomic E-state index is 11.4. The van der Waals surface area contributed by atoms with E-state index < -0.39 is 12.0 Å². The number of aliphatic carboxylic acids is 1. The van der Waals surface area contributed by atoms with E-state index in [1.807, 2.05) is 48.5 Å². The average Bonchev–Trinajstić information content (AvgIpc) is 2.95. The number of benzene rings is 1. The van der Waals surface area contributed by atoms with Gasteiger partial charge in [0.1, 0.15) is 6.04 Å². The molecule has 0 amide bonds. The summed E-state index contributed by atoms with van der Waals surface area (Å²) < 4.78 is 1.73. The minimum absolute atomic E-state index is 0.501. The highest BCUT2D eigenvalue weighted by molar-refractivity contribution is 5.82. The highest BCUT2D eigenvalue weighted by atomic mass is 16.4. The maximum Gasteiger partial charge on any atom is 0.326 e. The van der Waals surface area contributed by atoms with Gasteiger partial charge in [-0.3, -0.25) is 4.68 Å². The van der Waals surface area contributed by atoms with Gasteiger partial charge in [-0.1, -0.05) is 18.2 Å². The summed E-state index contributed by atoms with van der Waals surface area (Å²) in [5.41, 5.74) is 2.97. The lowest BCUT2D eigenvalue weighted by atomic mass is 10.1. The van der Waals surface area contributed by atoms with Crippen LogP contribution in [0.1, 0.15) is 11.3 Å². The third-order valence-corrected chi connectivity index (χ3v) is 3.48. The molecule has 0 saturated carbocycles. The van der Waals surface area contributed by atoms with E-state index in [0.717, 1.165) is 16.9 Å². The molecule has 2 aromatic rings. The van der Waals surface area contributed by atoms with Crippen molar-refractivity contribution < 1.29 is 9.90 Å². The van der Waals surface area contributed by atoms with Crippen LogP contribution in [0.5, 0.6) is 0 Å². The van der Waals surface area contributed by atoms with Gasteiger partial charge in [0.15, 0.2) is 0 Å². The average molecular weight is 257 g/mol. The second-order valence-electron chi connectivity index (χ2n) is 4.80. The molecule has 1 unspecified atom stereocenters. The first-order valence-electron chi connectivity index (χ1n) is 6.21. The molecule has 1 aliphatic rings. The van der Waals surface area contributed by atoms with Crippen LogP contribution in [-0.4, -0.2) is 26.9 Å². The summed E-state index contributed by atoms with van der Waals surface area (Å²) in [5, 5.41) is 13.7. The number of rotatable bonds is 3. The number of hydrogen-bond donors (Lipinski definition) is 1. The van der Waals surface area contributed by atoms with Gasteiger partial charge in [0.25, 0.3) is 0 Å². The van der Waals surface area contributed by atoms with E-state index >= 15 is 0 Å². The van der Waals surface area contributed by atoms with E-state index in [1.54, 1.807) is 4.68 Å². The Morgan fingerprint density at radius 1 is 1.42 bits per heavy atom. The van der Waals surface area contributed by atoms with Crippen LogP contribution in [-0.2, 0) is 24.8 Å². The first kappa shape index (κ1) is 11.8. The van der Waals surface area contributed by atoms with Crippen LogP contribution >= 0.6 is 0 Å². The number of carboxylic acid groups (broad SMARTS) is 1. The molecule has 98 valence electrons. The second-order valence-corrected chi connectivity index (χ2v) is 4.80. The predicted molar refractivity (Wildman–Crippen MR) is 71.0 cm³/mol. The smallest absolute Gasteiger partial charge is 0.326 e. The van der Waals surface area contributed by atoms with Gasteiger partial charge in [-0.15, -0.1) is 0 Å². The Kier molecular flexibility index (Phi) is 2.74. The van der Waals surface area contributed by atoms with Gasteiger partial charge in [0, 0.05) is 25.4 Å². The van der Waals surface area contributed by atoms with Crippen LogP contribution in [0.25, 0.3) is 0 Å². The zero-order valence-electron chi connectivity index (χ0n) is 10.7. The van der Waals surface area contributed by atoms with Crippen molar-refractivity contribution in [1.82, 2.24) is 9.78 Å². The standard InChI is InChI=1S/C14H15N3O2/c1-16-7-6-11(15-16)9-17-12-5-3-2-4-10(12)8-13(17)14(18)19/h2-7,13H,8-9H2,1H3,(H,18,19). The topological polar surface area (TPSA) is 58.4 Å². The molecule has 0 aliphatic carbocycles. The predicted octanol–water partition coefficient (Wildman–Crippen LogP) is 1.44.